The van der Waals surface area contributed by atoms with Crippen LogP contribution in [-0.2, 0) is 11.3 Å². The van der Waals surface area contributed by atoms with Crippen LogP contribution in [0.5, 0.6) is 0 Å². The van der Waals surface area contributed by atoms with Crippen LogP contribution in [0.3, 0.4) is 0 Å². The summed E-state index contributed by atoms with van der Waals surface area (Å²) < 4.78 is 1.76. The number of carbonyl (C=O) groups is 1. The Balaban J connectivity index is 1.83. The quantitative estimate of drug-likeness (QED) is 0.893. The van der Waals surface area contributed by atoms with Crippen LogP contribution in [0, 0.1) is 13.8 Å². The minimum atomic E-state index is -0.0560. The molecule has 1 N–H and O–H groups in total. The summed E-state index contributed by atoms with van der Waals surface area (Å²) in [4.78, 5) is 15.8. The van der Waals surface area contributed by atoms with Crippen molar-refractivity contribution in [3.05, 3.63) is 41.9 Å². The van der Waals surface area contributed by atoms with Crippen molar-refractivity contribution in [3.63, 3.8) is 0 Å². The third kappa shape index (κ3) is 3.41. The summed E-state index contributed by atoms with van der Waals surface area (Å²) >= 11 is 0. The highest BCUT2D eigenvalue weighted by atomic mass is 16.1. The summed E-state index contributed by atoms with van der Waals surface area (Å²) in [5.74, 6) is 0.529. The fourth-order valence-corrected chi connectivity index (χ4v) is 1.55. The Kier molecular flexibility index (Phi) is 3.72. The van der Waals surface area contributed by atoms with E-state index < -0.39 is 0 Å². The lowest BCUT2D eigenvalue weighted by molar-refractivity contribution is -0.116. The largest absolute Gasteiger partial charge is 0.311 e. The molecule has 18 heavy (non-hydrogen) atoms. The predicted molar refractivity (Wildman–Crippen MR) is 69.2 cm³/mol. The average molecular weight is 244 g/mol. The molecule has 2 rings (SSSR count). The Morgan fingerprint density at radius 3 is 2.78 bits per heavy atom. The lowest BCUT2D eigenvalue weighted by Crippen LogP contribution is -2.15. The van der Waals surface area contributed by atoms with Crippen LogP contribution >= 0.6 is 0 Å². The first-order valence-electron chi connectivity index (χ1n) is 5.86. The zero-order valence-electron chi connectivity index (χ0n) is 10.6. The van der Waals surface area contributed by atoms with Crippen molar-refractivity contribution >= 4 is 11.7 Å². The molecule has 94 valence electrons. The topological polar surface area (TPSA) is 59.8 Å². The van der Waals surface area contributed by atoms with Gasteiger partial charge in [-0.25, -0.2) is 4.98 Å². The number of rotatable bonds is 4. The van der Waals surface area contributed by atoms with E-state index in [0.717, 1.165) is 11.3 Å². The zero-order valence-corrected chi connectivity index (χ0v) is 10.6. The van der Waals surface area contributed by atoms with E-state index in [1.807, 2.05) is 32.2 Å². The van der Waals surface area contributed by atoms with Crippen molar-refractivity contribution in [2.75, 3.05) is 5.32 Å². The number of anilines is 1. The maximum absolute atomic E-state index is 11.7. The number of hydrogen-bond donors (Lipinski definition) is 1. The molecule has 5 heteroatoms. The smallest absolute Gasteiger partial charge is 0.227 e. The van der Waals surface area contributed by atoms with Crippen LogP contribution in [0.25, 0.3) is 0 Å². The van der Waals surface area contributed by atoms with Crippen molar-refractivity contribution < 1.29 is 4.79 Å². The van der Waals surface area contributed by atoms with Crippen LogP contribution in [0.4, 0.5) is 5.82 Å². The number of carbonyl (C=O) groups excluding carboxylic acids is 1. The molecule has 0 radical (unpaired) electrons. The van der Waals surface area contributed by atoms with E-state index in [-0.39, 0.29) is 5.91 Å². The summed E-state index contributed by atoms with van der Waals surface area (Å²) in [6.45, 7) is 4.46. The molecule has 0 aliphatic rings. The van der Waals surface area contributed by atoms with Gasteiger partial charge in [-0.2, -0.15) is 5.10 Å². The minimum Gasteiger partial charge on any atom is -0.311 e. The zero-order chi connectivity index (χ0) is 13.0. The third-order valence-corrected chi connectivity index (χ3v) is 2.52. The first-order valence-corrected chi connectivity index (χ1v) is 5.86. The Labute approximate surface area is 106 Å². The molecule has 0 saturated carbocycles. The van der Waals surface area contributed by atoms with Crippen LogP contribution < -0.4 is 5.32 Å². The minimum absolute atomic E-state index is 0.0560. The molecule has 0 unspecified atom stereocenters. The van der Waals surface area contributed by atoms with Crippen molar-refractivity contribution in [3.8, 4) is 0 Å². The molecular weight excluding hydrogens is 228 g/mol. The average Bonchev–Trinajstić information content (AvgIpc) is 2.76. The summed E-state index contributed by atoms with van der Waals surface area (Å²) in [6, 6.07) is 5.63. The Morgan fingerprint density at radius 1 is 1.33 bits per heavy atom. The van der Waals surface area contributed by atoms with Gasteiger partial charge in [0, 0.05) is 25.4 Å². The molecule has 0 spiro atoms. The second-order valence-electron chi connectivity index (χ2n) is 4.24. The molecule has 0 aliphatic heterocycles. The van der Waals surface area contributed by atoms with E-state index in [1.165, 1.54) is 0 Å². The number of aromatic nitrogens is 3. The molecule has 2 aromatic heterocycles. The fraction of sp³-hybridized carbons (Fsp3) is 0.308. The van der Waals surface area contributed by atoms with Gasteiger partial charge >= 0.3 is 0 Å². The lowest BCUT2D eigenvalue weighted by Gasteiger charge is -2.04. The second-order valence-corrected chi connectivity index (χ2v) is 4.24. The number of amides is 1. The lowest BCUT2D eigenvalue weighted by atomic mass is 10.3. The van der Waals surface area contributed by atoms with E-state index in [4.69, 9.17) is 0 Å². The van der Waals surface area contributed by atoms with Crippen LogP contribution in [0.15, 0.2) is 30.6 Å². The van der Waals surface area contributed by atoms with Gasteiger partial charge in [-0.15, -0.1) is 0 Å². The van der Waals surface area contributed by atoms with E-state index >= 15 is 0 Å². The molecule has 0 saturated heterocycles. The number of aryl methyl sites for hydroxylation is 3. The van der Waals surface area contributed by atoms with E-state index in [2.05, 4.69) is 15.4 Å². The van der Waals surface area contributed by atoms with Gasteiger partial charge in [-0.1, -0.05) is 6.07 Å². The maximum Gasteiger partial charge on any atom is 0.227 e. The highest BCUT2D eigenvalue weighted by Crippen LogP contribution is 2.04. The Hall–Kier alpha value is -2.17. The molecule has 0 aromatic carbocycles. The van der Waals surface area contributed by atoms with Crippen LogP contribution in [0.1, 0.15) is 17.7 Å². The van der Waals surface area contributed by atoms with Gasteiger partial charge in [-0.05, 0) is 31.5 Å². The summed E-state index contributed by atoms with van der Waals surface area (Å²) in [5.41, 5.74) is 2.02. The Morgan fingerprint density at radius 2 is 2.17 bits per heavy atom. The molecule has 5 nitrogen and oxygen atoms in total. The van der Waals surface area contributed by atoms with E-state index in [9.17, 15) is 4.79 Å². The normalized spacial score (nSPS) is 10.3. The molecule has 1 amide bonds. The highest BCUT2D eigenvalue weighted by molar-refractivity contribution is 5.89. The SMILES string of the molecule is Cc1ccc(NC(=O)CCn2ccc(C)n2)nc1. The summed E-state index contributed by atoms with van der Waals surface area (Å²) in [6.07, 6.45) is 3.98. The molecule has 2 heterocycles. The number of nitrogens with zero attached hydrogens (tertiary/aromatic N) is 3. The number of nitrogens with one attached hydrogen (secondary N) is 1. The molecule has 0 fully saturated rings. The van der Waals surface area contributed by atoms with Gasteiger partial charge in [0.15, 0.2) is 0 Å². The maximum atomic E-state index is 11.7. The van der Waals surface area contributed by atoms with Gasteiger partial charge < -0.3 is 5.32 Å². The summed E-state index contributed by atoms with van der Waals surface area (Å²) in [7, 11) is 0. The van der Waals surface area contributed by atoms with Crippen molar-refractivity contribution in [2.24, 2.45) is 0 Å². The number of hydrogen-bond acceptors (Lipinski definition) is 3. The molecule has 2 aromatic rings. The van der Waals surface area contributed by atoms with Crippen molar-refractivity contribution in [1.82, 2.24) is 14.8 Å². The van der Waals surface area contributed by atoms with Crippen LogP contribution in [0.2, 0.25) is 0 Å². The Bertz CT molecular complexity index is 530. The van der Waals surface area contributed by atoms with Gasteiger partial charge in [0.05, 0.1) is 5.69 Å². The first kappa shape index (κ1) is 12.3. The van der Waals surface area contributed by atoms with E-state index in [0.29, 0.717) is 18.8 Å². The molecule has 0 aliphatic carbocycles. The fourth-order valence-electron chi connectivity index (χ4n) is 1.55. The predicted octanol–water partition coefficient (Wildman–Crippen LogP) is 1.92. The summed E-state index contributed by atoms with van der Waals surface area (Å²) in [5, 5.41) is 6.98. The van der Waals surface area contributed by atoms with Gasteiger partial charge in [0.1, 0.15) is 5.82 Å². The standard InChI is InChI=1S/C13H16N4O/c1-10-3-4-12(14-9-10)15-13(18)6-8-17-7-5-11(2)16-17/h3-5,7,9H,6,8H2,1-2H3,(H,14,15,18). The van der Waals surface area contributed by atoms with Crippen LogP contribution in [-0.4, -0.2) is 20.7 Å². The van der Waals surface area contributed by atoms with Gasteiger partial charge in [-0.3, -0.25) is 9.48 Å². The van der Waals surface area contributed by atoms with Crippen molar-refractivity contribution in [2.45, 2.75) is 26.8 Å². The van der Waals surface area contributed by atoms with Crippen molar-refractivity contribution in [1.29, 1.82) is 0 Å². The van der Waals surface area contributed by atoms with E-state index in [1.54, 1.807) is 16.9 Å². The molecule has 0 atom stereocenters. The first-order chi connectivity index (χ1) is 8.63. The van der Waals surface area contributed by atoms with Gasteiger partial charge in [0.2, 0.25) is 5.91 Å². The number of pyridine rings is 1. The molecule has 0 bridgehead atoms. The third-order valence-electron chi connectivity index (χ3n) is 2.52. The molecular formula is C13H16N4O. The monoisotopic (exact) mass is 244 g/mol. The second kappa shape index (κ2) is 5.44. The highest BCUT2D eigenvalue weighted by Gasteiger charge is 2.04. The van der Waals surface area contributed by atoms with Gasteiger partial charge in [0.25, 0.3) is 0 Å².